The molecule has 10 heteroatoms. The molecule has 0 N–H and O–H groups in total. The fourth-order valence-corrected chi connectivity index (χ4v) is 3.31. The lowest BCUT2D eigenvalue weighted by molar-refractivity contribution is -0.129. The first-order valence-corrected chi connectivity index (χ1v) is 9.53. The van der Waals surface area contributed by atoms with E-state index in [0.29, 0.717) is 64.8 Å². The second-order valence-electron chi connectivity index (χ2n) is 6.73. The summed E-state index contributed by atoms with van der Waals surface area (Å²) in [5, 5.41) is 0. The molecule has 3 heterocycles. The fourth-order valence-electron chi connectivity index (χ4n) is 3.31. The number of ether oxygens (including phenoxy) is 1. The van der Waals surface area contributed by atoms with E-state index in [1.165, 1.54) is 6.20 Å². The fraction of sp³-hybridized carbons (Fsp3) is 0.611. The maximum Gasteiger partial charge on any atom is 0.409 e. The lowest BCUT2D eigenvalue weighted by Gasteiger charge is -2.35. The van der Waals surface area contributed by atoms with Gasteiger partial charge < -0.3 is 24.3 Å². The Bertz CT molecular complexity index is 709. The lowest BCUT2D eigenvalue weighted by Crippen LogP contribution is -2.51. The van der Waals surface area contributed by atoms with Gasteiger partial charge in [-0.1, -0.05) is 0 Å². The number of hydrogen-bond acceptors (Lipinski definition) is 7. The molecule has 28 heavy (non-hydrogen) atoms. The van der Waals surface area contributed by atoms with E-state index in [1.807, 2.05) is 0 Å². The molecule has 3 amide bonds. The van der Waals surface area contributed by atoms with Gasteiger partial charge in [-0.15, -0.1) is 0 Å². The largest absolute Gasteiger partial charge is 0.450 e. The van der Waals surface area contributed by atoms with Gasteiger partial charge in [0.25, 0.3) is 5.91 Å². The smallest absolute Gasteiger partial charge is 0.409 e. The molecular weight excluding hydrogens is 364 g/mol. The molecule has 10 nitrogen and oxygen atoms in total. The van der Waals surface area contributed by atoms with Crippen LogP contribution in [0.4, 0.5) is 10.6 Å². The first-order valence-electron chi connectivity index (χ1n) is 9.53. The SMILES string of the molecule is CCOC(=O)N1CCN(C(=O)c2cnc(N3CCN(C(C)=O)CC3)cn2)CC1. The summed E-state index contributed by atoms with van der Waals surface area (Å²) >= 11 is 0. The van der Waals surface area contributed by atoms with Crippen LogP contribution in [0, 0.1) is 0 Å². The number of carbonyl (C=O) groups excluding carboxylic acids is 3. The molecule has 0 saturated carbocycles. The topological polar surface area (TPSA) is 99.2 Å². The van der Waals surface area contributed by atoms with Crippen molar-refractivity contribution in [3.8, 4) is 0 Å². The molecule has 3 rings (SSSR count). The number of aromatic nitrogens is 2. The third-order valence-electron chi connectivity index (χ3n) is 5.00. The van der Waals surface area contributed by atoms with Crippen LogP contribution in [0.1, 0.15) is 24.3 Å². The lowest BCUT2D eigenvalue weighted by atomic mass is 10.3. The highest BCUT2D eigenvalue weighted by atomic mass is 16.6. The molecule has 0 bridgehead atoms. The summed E-state index contributed by atoms with van der Waals surface area (Å²) in [6, 6.07) is 0. The van der Waals surface area contributed by atoms with E-state index < -0.39 is 0 Å². The average molecular weight is 390 g/mol. The summed E-state index contributed by atoms with van der Waals surface area (Å²) in [7, 11) is 0. The van der Waals surface area contributed by atoms with Gasteiger partial charge in [-0.25, -0.2) is 14.8 Å². The normalized spacial score (nSPS) is 17.5. The van der Waals surface area contributed by atoms with Crippen molar-refractivity contribution in [3.05, 3.63) is 18.1 Å². The Hall–Kier alpha value is -2.91. The van der Waals surface area contributed by atoms with Gasteiger partial charge in [0.15, 0.2) is 0 Å². The predicted molar refractivity (Wildman–Crippen MR) is 101 cm³/mol. The summed E-state index contributed by atoms with van der Waals surface area (Å²) in [6.45, 7) is 8.13. The van der Waals surface area contributed by atoms with Crippen LogP contribution in [0.3, 0.4) is 0 Å². The highest BCUT2D eigenvalue weighted by Gasteiger charge is 2.26. The number of nitrogens with zero attached hydrogens (tertiary/aromatic N) is 6. The van der Waals surface area contributed by atoms with Crippen molar-refractivity contribution in [3.63, 3.8) is 0 Å². The van der Waals surface area contributed by atoms with Crippen molar-refractivity contribution in [2.45, 2.75) is 13.8 Å². The average Bonchev–Trinajstić information content (AvgIpc) is 2.74. The zero-order valence-electron chi connectivity index (χ0n) is 16.3. The van der Waals surface area contributed by atoms with Crippen LogP contribution in [0.25, 0.3) is 0 Å². The second-order valence-corrected chi connectivity index (χ2v) is 6.73. The zero-order chi connectivity index (χ0) is 20.1. The van der Waals surface area contributed by atoms with Gasteiger partial charge >= 0.3 is 6.09 Å². The van der Waals surface area contributed by atoms with Crippen molar-refractivity contribution in [2.75, 3.05) is 63.9 Å². The molecule has 1 aromatic rings. The van der Waals surface area contributed by atoms with E-state index >= 15 is 0 Å². The monoisotopic (exact) mass is 390 g/mol. The van der Waals surface area contributed by atoms with Crippen molar-refractivity contribution < 1.29 is 19.1 Å². The van der Waals surface area contributed by atoms with E-state index in [1.54, 1.807) is 34.7 Å². The maximum atomic E-state index is 12.6. The standard InChI is InChI=1S/C18H26N6O4/c1-3-28-18(27)24-10-8-23(9-11-24)17(26)15-12-20-16(13-19-15)22-6-4-21(5-7-22)14(2)25/h12-13H,3-11H2,1-2H3. The highest BCUT2D eigenvalue weighted by molar-refractivity contribution is 5.92. The van der Waals surface area contributed by atoms with Crippen LogP contribution < -0.4 is 4.90 Å². The maximum absolute atomic E-state index is 12.6. The van der Waals surface area contributed by atoms with Crippen molar-refractivity contribution in [2.24, 2.45) is 0 Å². The van der Waals surface area contributed by atoms with Crippen LogP contribution in [0.5, 0.6) is 0 Å². The van der Waals surface area contributed by atoms with E-state index in [9.17, 15) is 14.4 Å². The molecule has 0 atom stereocenters. The number of hydrogen-bond donors (Lipinski definition) is 0. The van der Waals surface area contributed by atoms with Gasteiger partial charge in [0.2, 0.25) is 5.91 Å². The first kappa shape index (κ1) is 19.8. The van der Waals surface area contributed by atoms with Gasteiger partial charge in [0.05, 0.1) is 19.0 Å². The number of anilines is 1. The first-order chi connectivity index (χ1) is 13.5. The number of piperazine rings is 2. The molecule has 0 spiro atoms. The Morgan fingerprint density at radius 2 is 1.50 bits per heavy atom. The predicted octanol–water partition coefficient (Wildman–Crippen LogP) is 0.0594. The highest BCUT2D eigenvalue weighted by Crippen LogP contribution is 2.14. The van der Waals surface area contributed by atoms with E-state index in [2.05, 4.69) is 14.9 Å². The summed E-state index contributed by atoms with van der Waals surface area (Å²) < 4.78 is 4.99. The minimum absolute atomic E-state index is 0.0785. The summed E-state index contributed by atoms with van der Waals surface area (Å²) in [5.41, 5.74) is 0.288. The second kappa shape index (κ2) is 8.85. The molecule has 0 radical (unpaired) electrons. The number of rotatable bonds is 3. The van der Waals surface area contributed by atoms with Crippen molar-refractivity contribution >= 4 is 23.7 Å². The van der Waals surface area contributed by atoms with E-state index in [-0.39, 0.29) is 23.6 Å². The van der Waals surface area contributed by atoms with Gasteiger partial charge in [-0.3, -0.25) is 9.59 Å². The third kappa shape index (κ3) is 4.49. The van der Waals surface area contributed by atoms with Gasteiger partial charge in [0, 0.05) is 59.3 Å². The minimum Gasteiger partial charge on any atom is -0.450 e. The van der Waals surface area contributed by atoms with Gasteiger partial charge in [-0.2, -0.15) is 0 Å². The Labute approximate surface area is 164 Å². The van der Waals surface area contributed by atoms with Crippen LogP contribution >= 0.6 is 0 Å². The Morgan fingerprint density at radius 1 is 0.893 bits per heavy atom. The molecule has 0 aromatic carbocycles. The van der Waals surface area contributed by atoms with E-state index in [0.717, 1.165) is 0 Å². The molecule has 2 fully saturated rings. The van der Waals surface area contributed by atoms with Gasteiger partial charge in [-0.05, 0) is 6.92 Å². The van der Waals surface area contributed by atoms with Crippen LogP contribution in [-0.2, 0) is 9.53 Å². The molecule has 0 unspecified atom stereocenters. The minimum atomic E-state index is -0.344. The Morgan fingerprint density at radius 3 is 2.04 bits per heavy atom. The third-order valence-corrected chi connectivity index (χ3v) is 5.00. The summed E-state index contributed by atoms with van der Waals surface area (Å²) in [4.78, 5) is 51.6. The Balaban J connectivity index is 1.53. The number of amides is 3. The zero-order valence-corrected chi connectivity index (χ0v) is 16.3. The van der Waals surface area contributed by atoms with Crippen molar-refractivity contribution in [1.29, 1.82) is 0 Å². The molecule has 2 aliphatic rings. The van der Waals surface area contributed by atoms with Crippen molar-refractivity contribution in [1.82, 2.24) is 24.7 Å². The molecule has 152 valence electrons. The summed E-state index contributed by atoms with van der Waals surface area (Å²) in [6.07, 6.45) is 2.75. The van der Waals surface area contributed by atoms with Crippen LogP contribution in [0.15, 0.2) is 12.4 Å². The van der Waals surface area contributed by atoms with Gasteiger partial charge in [0.1, 0.15) is 11.5 Å². The molecule has 1 aromatic heterocycles. The quantitative estimate of drug-likeness (QED) is 0.720. The van der Waals surface area contributed by atoms with Crippen LogP contribution in [0.2, 0.25) is 0 Å². The molecule has 2 aliphatic heterocycles. The molecule has 0 aliphatic carbocycles. The van der Waals surface area contributed by atoms with Crippen LogP contribution in [-0.4, -0.2) is 102 Å². The van der Waals surface area contributed by atoms with E-state index in [4.69, 9.17) is 4.74 Å². The molecular formula is C18H26N6O4. The Kier molecular flexibility index (Phi) is 6.27. The number of carbonyl (C=O) groups is 3. The molecule has 2 saturated heterocycles. The summed E-state index contributed by atoms with van der Waals surface area (Å²) in [5.74, 6) is 0.588.